The number of pyridine rings is 1. The first-order valence-electron chi connectivity index (χ1n) is 13.3. The fraction of sp³-hybridized carbons (Fsp3) is 0.464. The minimum absolute atomic E-state index is 0.0302. The maximum Gasteiger partial charge on any atom is 0.241 e. The summed E-state index contributed by atoms with van der Waals surface area (Å²) in [5, 5.41) is 13.4. The Morgan fingerprint density at radius 1 is 1.08 bits per heavy atom. The summed E-state index contributed by atoms with van der Waals surface area (Å²) in [6.07, 6.45) is 1.27. The van der Waals surface area contributed by atoms with Crippen molar-refractivity contribution >= 4 is 17.6 Å². The minimum atomic E-state index is -1.43. The van der Waals surface area contributed by atoms with Crippen LogP contribution in [-0.2, 0) is 16.1 Å². The molecule has 3 atom stereocenters. The van der Waals surface area contributed by atoms with Crippen molar-refractivity contribution in [3.05, 3.63) is 71.4 Å². The van der Waals surface area contributed by atoms with Crippen LogP contribution in [0, 0.1) is 11.9 Å². The summed E-state index contributed by atoms with van der Waals surface area (Å²) < 4.78 is 30.8. The third-order valence-electron chi connectivity index (χ3n) is 6.83. The Kier molecular flexibility index (Phi) is 9.21. The summed E-state index contributed by atoms with van der Waals surface area (Å²) in [4.78, 5) is 31.5. The van der Waals surface area contributed by atoms with Crippen molar-refractivity contribution in [1.29, 1.82) is 0 Å². The molecule has 0 radical (unpaired) electrons. The smallest absolute Gasteiger partial charge is 0.241 e. The van der Waals surface area contributed by atoms with Gasteiger partial charge in [-0.25, -0.2) is 14.1 Å². The van der Waals surface area contributed by atoms with E-state index >= 15 is 0 Å². The van der Waals surface area contributed by atoms with Gasteiger partial charge in [-0.1, -0.05) is 62.4 Å². The lowest BCUT2D eigenvalue weighted by atomic mass is 9.98. The van der Waals surface area contributed by atoms with Gasteiger partial charge in [0.25, 0.3) is 0 Å². The molecule has 2 aromatic heterocycles. The second kappa shape index (κ2) is 12.8. The van der Waals surface area contributed by atoms with Crippen molar-refractivity contribution in [1.82, 2.24) is 30.6 Å². The van der Waals surface area contributed by atoms with Crippen LogP contribution in [0.3, 0.4) is 0 Å². The molecule has 0 unspecified atom stereocenters. The zero-order chi connectivity index (χ0) is 27.9. The largest absolute Gasteiger partial charge is 0.354 e. The predicted molar refractivity (Wildman–Crippen MR) is 143 cm³/mol. The Morgan fingerprint density at radius 3 is 2.46 bits per heavy atom. The summed E-state index contributed by atoms with van der Waals surface area (Å²) in [5.74, 6) is -1.37. The van der Waals surface area contributed by atoms with Crippen molar-refractivity contribution < 1.29 is 18.4 Å². The second-order valence-corrected chi connectivity index (χ2v) is 10.3. The fourth-order valence-electron chi connectivity index (χ4n) is 4.37. The van der Waals surface area contributed by atoms with Crippen molar-refractivity contribution in [2.45, 2.75) is 58.3 Å². The van der Waals surface area contributed by atoms with E-state index in [0.717, 1.165) is 30.9 Å². The van der Waals surface area contributed by atoms with E-state index in [-0.39, 0.29) is 25.4 Å². The van der Waals surface area contributed by atoms with Gasteiger partial charge in [-0.3, -0.25) is 9.59 Å². The van der Waals surface area contributed by atoms with Gasteiger partial charge in [-0.2, -0.15) is 4.39 Å². The summed E-state index contributed by atoms with van der Waals surface area (Å²) in [7, 11) is 0. The molecule has 208 valence electrons. The van der Waals surface area contributed by atoms with Crippen LogP contribution in [0.15, 0.2) is 48.7 Å². The quantitative estimate of drug-likeness (QED) is 0.341. The highest BCUT2D eigenvalue weighted by Crippen LogP contribution is 2.25. The molecule has 0 bridgehead atoms. The number of carbonyl (C=O) groups excluding carboxylic acids is 2. The zero-order valence-electron chi connectivity index (χ0n) is 22.5. The molecule has 2 N–H and O–H groups in total. The average Bonchev–Trinajstić information content (AvgIpc) is 3.32. The van der Waals surface area contributed by atoms with E-state index in [1.807, 2.05) is 44.2 Å². The molecule has 1 fully saturated rings. The highest BCUT2D eigenvalue weighted by Gasteiger charge is 2.25. The van der Waals surface area contributed by atoms with Gasteiger partial charge in [0.15, 0.2) is 5.82 Å². The molecule has 11 heteroatoms. The molecule has 39 heavy (non-hydrogen) atoms. The van der Waals surface area contributed by atoms with Gasteiger partial charge >= 0.3 is 0 Å². The maximum absolute atomic E-state index is 14.7. The van der Waals surface area contributed by atoms with Crippen LogP contribution in [0.25, 0.3) is 0 Å². The van der Waals surface area contributed by atoms with Crippen LogP contribution in [0.4, 0.5) is 14.6 Å². The van der Waals surface area contributed by atoms with E-state index in [1.54, 1.807) is 25.3 Å². The number of aromatic nitrogens is 4. The van der Waals surface area contributed by atoms with Crippen LogP contribution in [-0.4, -0.2) is 57.6 Å². The first kappa shape index (κ1) is 28.1. The summed E-state index contributed by atoms with van der Waals surface area (Å²) >= 11 is 0. The maximum atomic E-state index is 14.7. The third-order valence-corrected chi connectivity index (χ3v) is 6.83. The highest BCUT2D eigenvalue weighted by atomic mass is 19.1. The van der Waals surface area contributed by atoms with Gasteiger partial charge in [-0.05, 0) is 30.4 Å². The SMILES string of the molecule is CC(C)c1ccc([C@@H](NC(=O)[C@@H](C)C[C@@H](F)CNC(=O)Cn2cc(N3CCC3)nn2)c2ccccc2)nc1F. The number of nitrogens with one attached hydrogen (secondary N) is 2. The summed E-state index contributed by atoms with van der Waals surface area (Å²) in [6, 6.07) is 11.8. The number of benzene rings is 1. The molecule has 1 saturated heterocycles. The first-order valence-corrected chi connectivity index (χ1v) is 13.3. The second-order valence-electron chi connectivity index (χ2n) is 10.3. The van der Waals surface area contributed by atoms with Crippen LogP contribution >= 0.6 is 0 Å². The Hall–Kier alpha value is -3.89. The summed E-state index contributed by atoms with van der Waals surface area (Å²) in [6.45, 7) is 6.93. The lowest BCUT2D eigenvalue weighted by Gasteiger charge is -2.30. The number of hydrogen-bond donors (Lipinski definition) is 2. The minimum Gasteiger partial charge on any atom is -0.354 e. The molecule has 0 spiro atoms. The first-order chi connectivity index (χ1) is 18.7. The van der Waals surface area contributed by atoms with Crippen LogP contribution in [0.2, 0.25) is 0 Å². The van der Waals surface area contributed by atoms with Gasteiger partial charge in [0, 0.05) is 31.1 Å². The number of carbonyl (C=O) groups is 2. The third kappa shape index (κ3) is 7.36. The zero-order valence-corrected chi connectivity index (χ0v) is 22.5. The van der Waals surface area contributed by atoms with E-state index in [1.165, 1.54) is 4.68 Å². The molecular formula is C28H35F2N7O2. The molecule has 0 aliphatic carbocycles. The van der Waals surface area contributed by atoms with E-state index in [0.29, 0.717) is 11.3 Å². The van der Waals surface area contributed by atoms with Crippen molar-refractivity contribution in [2.24, 2.45) is 5.92 Å². The van der Waals surface area contributed by atoms with E-state index in [2.05, 4.69) is 30.8 Å². The van der Waals surface area contributed by atoms with E-state index in [9.17, 15) is 18.4 Å². The molecule has 3 aromatic rings. The summed E-state index contributed by atoms with van der Waals surface area (Å²) in [5.41, 5.74) is 1.59. The topological polar surface area (TPSA) is 105 Å². The number of rotatable bonds is 12. The van der Waals surface area contributed by atoms with Crippen LogP contribution in [0.1, 0.15) is 62.4 Å². The van der Waals surface area contributed by atoms with E-state index < -0.39 is 35.9 Å². The van der Waals surface area contributed by atoms with E-state index in [4.69, 9.17) is 0 Å². The van der Waals surface area contributed by atoms with Gasteiger partial charge in [0.1, 0.15) is 12.7 Å². The lowest BCUT2D eigenvalue weighted by molar-refractivity contribution is -0.125. The molecular weight excluding hydrogens is 504 g/mol. The Morgan fingerprint density at radius 2 is 1.82 bits per heavy atom. The molecule has 9 nitrogen and oxygen atoms in total. The monoisotopic (exact) mass is 539 g/mol. The van der Waals surface area contributed by atoms with Gasteiger partial charge in [-0.15, -0.1) is 5.10 Å². The number of alkyl halides is 1. The Balaban J connectivity index is 1.31. The van der Waals surface area contributed by atoms with Crippen molar-refractivity contribution in [3.63, 3.8) is 0 Å². The highest BCUT2D eigenvalue weighted by molar-refractivity contribution is 5.79. The number of amides is 2. The predicted octanol–water partition coefficient (Wildman–Crippen LogP) is 3.53. The molecule has 4 rings (SSSR count). The average molecular weight is 540 g/mol. The van der Waals surface area contributed by atoms with Crippen LogP contribution in [0.5, 0.6) is 0 Å². The molecule has 1 aliphatic heterocycles. The normalized spacial score (nSPS) is 15.4. The molecule has 1 aromatic carbocycles. The molecule has 1 aliphatic rings. The standard InChI is InChI=1S/C28H35F2N7O2/c1-18(2)22-10-11-23(32-27(22)30)26(20-8-5-4-6-9-20)33-28(39)19(3)14-21(29)15-31-25(38)17-37-16-24(34-35-37)36-12-7-13-36/h4-6,8-11,16,18-19,21,26H,7,12-15,17H2,1-3H3,(H,31,38)(H,33,39)/t19-,21+,26-/m0/s1. The number of halogens is 2. The lowest BCUT2D eigenvalue weighted by Crippen LogP contribution is -2.38. The van der Waals surface area contributed by atoms with Gasteiger partial charge in [0.05, 0.1) is 17.9 Å². The Labute approximate surface area is 227 Å². The number of hydrogen-bond acceptors (Lipinski definition) is 6. The molecule has 2 amide bonds. The van der Waals surface area contributed by atoms with Crippen molar-refractivity contribution in [3.8, 4) is 0 Å². The van der Waals surface area contributed by atoms with Crippen molar-refractivity contribution in [2.75, 3.05) is 24.5 Å². The fourth-order valence-corrected chi connectivity index (χ4v) is 4.37. The molecule has 0 saturated carbocycles. The number of nitrogens with zero attached hydrogens (tertiary/aromatic N) is 5. The van der Waals surface area contributed by atoms with Gasteiger partial charge in [0.2, 0.25) is 17.8 Å². The van der Waals surface area contributed by atoms with Gasteiger partial charge < -0.3 is 15.5 Å². The molecule has 3 heterocycles. The van der Waals surface area contributed by atoms with Crippen LogP contribution < -0.4 is 15.5 Å². The number of anilines is 1. The Bertz CT molecular complexity index is 1260.